The molecule has 6 atom stereocenters. The Morgan fingerprint density at radius 1 is 1.17 bits per heavy atom. The van der Waals surface area contributed by atoms with Gasteiger partial charge in [0.15, 0.2) is 23.4 Å². The second-order valence-electron chi connectivity index (χ2n) is 10.1. The Hall–Kier alpha value is -2.33. The largest absolute Gasteiger partial charge is 0.485 e. The van der Waals surface area contributed by atoms with Crippen molar-refractivity contribution in [2.45, 2.75) is 49.9 Å². The molecule has 2 heterocycles. The second-order valence-corrected chi connectivity index (χ2v) is 10.1. The first-order valence-electron chi connectivity index (χ1n) is 11.4. The number of piperidine rings is 1. The minimum atomic E-state index is -0.309. The zero-order valence-corrected chi connectivity index (χ0v) is 17.3. The van der Waals surface area contributed by atoms with Crippen LogP contribution in [0.15, 0.2) is 42.5 Å². The Labute approximate surface area is 177 Å². The van der Waals surface area contributed by atoms with Crippen molar-refractivity contribution in [1.29, 1.82) is 0 Å². The molecule has 5 aliphatic rings. The van der Waals surface area contributed by atoms with Gasteiger partial charge < -0.3 is 14.4 Å². The molecule has 4 heteroatoms. The molecule has 2 bridgehead atoms. The molecule has 2 aromatic carbocycles. The van der Waals surface area contributed by atoms with Crippen molar-refractivity contribution in [3.63, 3.8) is 0 Å². The maximum Gasteiger partial charge on any atom is 0.174 e. The number of carbonyl (C=O) groups is 1. The number of nitrogens with zero attached hydrogens (tertiary/aromatic N) is 1. The SMILES string of the molecule is CN1CC2Cc3ccc(OCc4ccccc4)c4c3C35C2C[C@@H]1C3CCC(=O)[C@@H]5O4. The maximum atomic E-state index is 13.2. The van der Waals surface area contributed by atoms with E-state index in [1.807, 2.05) is 18.2 Å². The number of Topliss-reactive ketones (excluding diaryl/α,β-unsaturated/α-hetero) is 1. The minimum absolute atomic E-state index is 0.121. The molecule has 0 radical (unpaired) electrons. The van der Waals surface area contributed by atoms with Gasteiger partial charge in [-0.1, -0.05) is 36.4 Å². The van der Waals surface area contributed by atoms with Crippen LogP contribution in [0.4, 0.5) is 0 Å². The molecule has 2 aliphatic heterocycles. The fourth-order valence-corrected chi connectivity index (χ4v) is 7.92. The molecule has 2 saturated carbocycles. The summed E-state index contributed by atoms with van der Waals surface area (Å²) in [5.41, 5.74) is 3.76. The van der Waals surface area contributed by atoms with Crippen molar-refractivity contribution in [1.82, 2.24) is 4.90 Å². The first kappa shape index (κ1) is 17.4. The smallest absolute Gasteiger partial charge is 0.174 e. The van der Waals surface area contributed by atoms with E-state index in [0.29, 0.717) is 42.6 Å². The number of ketones is 1. The molecule has 1 spiro atoms. The number of fused-ring (bicyclic) bond motifs is 2. The molecule has 154 valence electrons. The summed E-state index contributed by atoms with van der Waals surface area (Å²) in [6.45, 7) is 1.66. The van der Waals surface area contributed by atoms with E-state index in [0.717, 1.165) is 36.4 Å². The second kappa shape index (κ2) is 5.88. The lowest BCUT2D eigenvalue weighted by Gasteiger charge is -2.48. The molecule has 4 nitrogen and oxygen atoms in total. The van der Waals surface area contributed by atoms with Gasteiger partial charge in [0.25, 0.3) is 0 Å². The fourth-order valence-electron chi connectivity index (χ4n) is 7.92. The van der Waals surface area contributed by atoms with Crippen LogP contribution in [0.2, 0.25) is 0 Å². The van der Waals surface area contributed by atoms with Gasteiger partial charge in [0.2, 0.25) is 0 Å². The van der Waals surface area contributed by atoms with E-state index >= 15 is 0 Å². The van der Waals surface area contributed by atoms with Crippen LogP contribution < -0.4 is 9.47 Å². The lowest BCUT2D eigenvalue weighted by Crippen LogP contribution is -2.57. The van der Waals surface area contributed by atoms with Gasteiger partial charge in [-0.05, 0) is 61.3 Å². The predicted octanol–water partition coefficient (Wildman–Crippen LogP) is 3.75. The van der Waals surface area contributed by atoms with Crippen LogP contribution in [0.1, 0.15) is 36.0 Å². The van der Waals surface area contributed by atoms with Crippen molar-refractivity contribution >= 4 is 5.78 Å². The highest BCUT2D eigenvalue weighted by Crippen LogP contribution is 2.70. The summed E-state index contributed by atoms with van der Waals surface area (Å²) in [5, 5.41) is 0. The third kappa shape index (κ3) is 1.99. The van der Waals surface area contributed by atoms with E-state index in [9.17, 15) is 4.79 Å². The van der Waals surface area contributed by atoms with Crippen LogP contribution in [0.3, 0.4) is 0 Å². The van der Waals surface area contributed by atoms with Crippen molar-refractivity contribution < 1.29 is 14.3 Å². The van der Waals surface area contributed by atoms with Crippen LogP contribution in [0.25, 0.3) is 0 Å². The van der Waals surface area contributed by atoms with Crippen molar-refractivity contribution in [2.75, 3.05) is 13.6 Å². The van der Waals surface area contributed by atoms with Crippen LogP contribution in [-0.4, -0.2) is 36.4 Å². The van der Waals surface area contributed by atoms with Crippen molar-refractivity contribution in [2.24, 2.45) is 17.8 Å². The van der Waals surface area contributed by atoms with Gasteiger partial charge in [-0.3, -0.25) is 4.79 Å². The van der Waals surface area contributed by atoms with Gasteiger partial charge in [0.05, 0.1) is 5.41 Å². The summed E-state index contributed by atoms with van der Waals surface area (Å²) in [6, 6.07) is 15.2. The van der Waals surface area contributed by atoms with Crippen molar-refractivity contribution in [3.05, 3.63) is 59.2 Å². The monoisotopic (exact) mass is 401 g/mol. The summed E-state index contributed by atoms with van der Waals surface area (Å²) < 4.78 is 12.9. The van der Waals surface area contributed by atoms with Gasteiger partial charge in [-0.2, -0.15) is 0 Å². The van der Waals surface area contributed by atoms with Crippen LogP contribution in [0, 0.1) is 17.8 Å². The predicted molar refractivity (Wildman–Crippen MR) is 113 cm³/mol. The quantitative estimate of drug-likeness (QED) is 0.785. The summed E-state index contributed by atoms with van der Waals surface area (Å²) >= 11 is 0. The number of ether oxygens (including phenoxy) is 2. The van der Waals surface area contributed by atoms with E-state index in [1.54, 1.807) is 0 Å². The van der Waals surface area contributed by atoms with Crippen LogP contribution in [0.5, 0.6) is 11.5 Å². The Bertz CT molecular complexity index is 1050. The number of rotatable bonds is 3. The maximum absolute atomic E-state index is 13.2. The van der Waals surface area contributed by atoms with Gasteiger partial charge in [-0.25, -0.2) is 0 Å². The first-order chi connectivity index (χ1) is 14.7. The Balaban J connectivity index is 1.38. The third-order valence-corrected chi connectivity index (χ3v) is 8.87. The third-order valence-electron chi connectivity index (χ3n) is 8.87. The number of hydrogen-bond acceptors (Lipinski definition) is 4. The number of likely N-dealkylation sites (tertiary alicyclic amines) is 1. The van der Waals surface area contributed by atoms with E-state index in [4.69, 9.17) is 9.47 Å². The molecule has 0 aromatic heterocycles. The number of carbonyl (C=O) groups excluding carboxylic acids is 1. The average Bonchev–Trinajstić information content (AvgIpc) is 3.30. The Kier molecular flexibility index (Phi) is 3.40. The molecule has 2 aromatic rings. The average molecular weight is 402 g/mol. The van der Waals surface area contributed by atoms with E-state index < -0.39 is 0 Å². The number of hydrogen-bond donors (Lipinski definition) is 0. The zero-order chi connectivity index (χ0) is 20.0. The van der Waals surface area contributed by atoms with Gasteiger partial charge in [0.1, 0.15) is 6.61 Å². The van der Waals surface area contributed by atoms with E-state index in [1.165, 1.54) is 17.5 Å². The van der Waals surface area contributed by atoms with Crippen LogP contribution >= 0.6 is 0 Å². The summed E-state index contributed by atoms with van der Waals surface area (Å²) in [5.74, 6) is 3.70. The molecular weight excluding hydrogens is 374 g/mol. The highest BCUT2D eigenvalue weighted by Gasteiger charge is 2.72. The molecule has 0 amide bonds. The normalized spacial score (nSPS) is 37.6. The van der Waals surface area contributed by atoms with Gasteiger partial charge in [-0.15, -0.1) is 0 Å². The van der Waals surface area contributed by atoms with Gasteiger partial charge >= 0.3 is 0 Å². The van der Waals surface area contributed by atoms with E-state index in [-0.39, 0.29) is 11.5 Å². The van der Waals surface area contributed by atoms with Crippen LogP contribution in [-0.2, 0) is 23.2 Å². The highest BCUT2D eigenvalue weighted by molar-refractivity contribution is 5.89. The summed E-state index contributed by atoms with van der Waals surface area (Å²) in [7, 11) is 2.29. The highest BCUT2D eigenvalue weighted by atomic mass is 16.5. The molecule has 7 rings (SSSR count). The zero-order valence-electron chi connectivity index (χ0n) is 17.3. The molecular formula is C26H27NO3. The van der Waals surface area contributed by atoms with Crippen molar-refractivity contribution in [3.8, 4) is 11.5 Å². The summed E-state index contributed by atoms with van der Waals surface area (Å²) in [4.78, 5) is 15.8. The minimum Gasteiger partial charge on any atom is -0.485 e. The molecule has 3 aliphatic carbocycles. The first-order valence-corrected chi connectivity index (χ1v) is 11.4. The topological polar surface area (TPSA) is 38.8 Å². The molecule has 30 heavy (non-hydrogen) atoms. The molecule has 0 N–H and O–H groups in total. The lowest BCUT2D eigenvalue weighted by molar-refractivity contribution is -0.134. The molecule has 4 unspecified atom stereocenters. The number of benzene rings is 2. The van der Waals surface area contributed by atoms with E-state index in [2.05, 4.69) is 36.2 Å². The fraction of sp³-hybridized carbons (Fsp3) is 0.500. The van der Waals surface area contributed by atoms with Gasteiger partial charge in [0, 0.05) is 24.6 Å². The Morgan fingerprint density at radius 3 is 2.90 bits per heavy atom. The standard InChI is InChI=1S/C26H27NO3/c1-27-13-17-11-16-7-10-22(29-14-15-5-3-2-4-6-15)24-23(16)26-18(20(27)12-19(17)26)8-9-21(28)25(26)30-24/h2-7,10,17-20,25H,8-9,11-14H2,1H3/t17?,18?,19?,20-,25+,26?/m1/s1. The molecule has 3 fully saturated rings. The Morgan fingerprint density at radius 2 is 2.03 bits per heavy atom. The molecule has 1 saturated heterocycles. The lowest BCUT2D eigenvalue weighted by atomic mass is 9.53. The summed E-state index contributed by atoms with van der Waals surface area (Å²) in [6.07, 6.45) is 3.66.